The third-order valence-corrected chi connectivity index (χ3v) is 7.37. The molecule has 3 N–H and O–H groups in total. The third kappa shape index (κ3) is 4.91. The van der Waals surface area contributed by atoms with Gasteiger partial charge in [0.05, 0.1) is 5.75 Å². The fourth-order valence-electron chi connectivity index (χ4n) is 4.00. The summed E-state index contributed by atoms with van der Waals surface area (Å²) in [7, 11) is -3.71. The van der Waals surface area contributed by atoms with E-state index < -0.39 is 57.2 Å². The molecule has 2 atom stereocenters. The predicted molar refractivity (Wildman–Crippen MR) is 117 cm³/mol. The molecule has 0 unspecified atom stereocenters. The van der Waals surface area contributed by atoms with Crippen molar-refractivity contribution in [2.45, 2.75) is 23.9 Å². The van der Waals surface area contributed by atoms with Crippen LogP contribution in [0.1, 0.15) is 12.0 Å². The number of hydrogen-bond acceptors (Lipinski definition) is 7. The van der Waals surface area contributed by atoms with E-state index in [2.05, 4.69) is 5.32 Å². The van der Waals surface area contributed by atoms with Gasteiger partial charge in [-0.05, 0) is 30.7 Å². The Morgan fingerprint density at radius 1 is 1.24 bits per heavy atom. The lowest BCUT2D eigenvalue weighted by Crippen LogP contribution is -2.58. The van der Waals surface area contributed by atoms with E-state index in [1.807, 2.05) is 0 Å². The number of β-amino-alcohol motifs (C(OH)–C–C–N with tert-alkyl or cyclic N) is 1. The van der Waals surface area contributed by atoms with Crippen LogP contribution in [0, 0.1) is 11.6 Å². The van der Waals surface area contributed by atoms with Crippen LogP contribution in [0.3, 0.4) is 0 Å². The summed E-state index contributed by atoms with van der Waals surface area (Å²) in [6.45, 7) is -0.658. The molecule has 2 aliphatic heterocycles. The zero-order chi connectivity index (χ0) is 24.0. The van der Waals surface area contributed by atoms with Crippen molar-refractivity contribution >= 4 is 38.7 Å². The van der Waals surface area contributed by atoms with Crippen molar-refractivity contribution < 1.29 is 36.9 Å². The quantitative estimate of drug-likeness (QED) is 0.584. The lowest BCUT2D eigenvalue weighted by molar-refractivity contribution is -0.113. The molecule has 0 radical (unpaired) electrons. The first kappa shape index (κ1) is 23.7. The van der Waals surface area contributed by atoms with Crippen LogP contribution in [0.25, 0.3) is 0 Å². The molecule has 1 amide bonds. The number of aliphatic hydroxyl groups is 2. The van der Waals surface area contributed by atoms with Crippen LogP contribution in [-0.2, 0) is 20.4 Å². The minimum Gasteiger partial charge on any atom is -0.490 e. The number of carbonyl (C=O) groups excluding carboxylic acids is 1. The van der Waals surface area contributed by atoms with Crippen molar-refractivity contribution in [3.8, 4) is 5.75 Å². The van der Waals surface area contributed by atoms with Crippen LogP contribution in [0.2, 0.25) is 5.02 Å². The van der Waals surface area contributed by atoms with Crippen LogP contribution in [0.15, 0.2) is 30.3 Å². The molecule has 2 aromatic rings. The van der Waals surface area contributed by atoms with Crippen molar-refractivity contribution in [3.05, 3.63) is 52.6 Å². The van der Waals surface area contributed by atoms with E-state index in [9.17, 15) is 32.2 Å². The van der Waals surface area contributed by atoms with E-state index in [1.165, 1.54) is 17.0 Å². The Morgan fingerprint density at radius 2 is 1.94 bits per heavy atom. The van der Waals surface area contributed by atoms with Gasteiger partial charge in [0.2, 0.25) is 5.91 Å². The number of halogens is 3. The van der Waals surface area contributed by atoms with Gasteiger partial charge in [-0.15, -0.1) is 0 Å². The van der Waals surface area contributed by atoms with Crippen LogP contribution in [0.4, 0.5) is 20.2 Å². The minimum atomic E-state index is -3.71. The van der Waals surface area contributed by atoms with E-state index in [0.717, 1.165) is 12.1 Å². The lowest BCUT2D eigenvalue weighted by atomic mass is 9.89. The Labute approximate surface area is 193 Å². The number of anilines is 2. The summed E-state index contributed by atoms with van der Waals surface area (Å²) in [6.07, 6.45) is -1.51. The molecular formula is C21H21ClF2N2O6S. The number of amides is 1. The number of benzene rings is 2. The molecule has 12 heteroatoms. The number of fused-ring (bicyclic) bond motifs is 1. The number of carbonyl (C=O) groups is 1. The second-order valence-electron chi connectivity index (χ2n) is 8.18. The monoisotopic (exact) mass is 502 g/mol. The van der Waals surface area contributed by atoms with Gasteiger partial charge >= 0.3 is 0 Å². The molecule has 2 aliphatic rings. The number of rotatable bonds is 4. The summed E-state index contributed by atoms with van der Waals surface area (Å²) < 4.78 is 58.6. The summed E-state index contributed by atoms with van der Waals surface area (Å²) >= 11 is 5.66. The van der Waals surface area contributed by atoms with Gasteiger partial charge in [0.1, 0.15) is 35.5 Å². The van der Waals surface area contributed by atoms with E-state index in [1.54, 1.807) is 6.07 Å². The van der Waals surface area contributed by atoms with Crippen LogP contribution >= 0.6 is 11.6 Å². The Kier molecular flexibility index (Phi) is 6.25. The first-order chi connectivity index (χ1) is 15.5. The molecule has 0 saturated carbocycles. The highest BCUT2D eigenvalue weighted by Gasteiger charge is 2.43. The number of ether oxygens (including phenoxy) is 1. The molecule has 2 heterocycles. The average molecular weight is 503 g/mol. The second-order valence-corrected chi connectivity index (χ2v) is 10.7. The van der Waals surface area contributed by atoms with Crippen LogP contribution in [0.5, 0.6) is 5.75 Å². The van der Waals surface area contributed by atoms with Crippen LogP contribution in [-0.4, -0.2) is 61.7 Å². The van der Waals surface area contributed by atoms with Gasteiger partial charge in [-0.3, -0.25) is 4.79 Å². The molecule has 0 aliphatic carbocycles. The van der Waals surface area contributed by atoms with Gasteiger partial charge in [-0.25, -0.2) is 17.2 Å². The van der Waals surface area contributed by atoms with Crippen molar-refractivity contribution in [2.75, 3.05) is 35.7 Å². The Morgan fingerprint density at radius 3 is 2.61 bits per heavy atom. The molecule has 0 spiro atoms. The summed E-state index contributed by atoms with van der Waals surface area (Å²) in [6, 6.07) is 6.52. The van der Waals surface area contributed by atoms with E-state index in [-0.39, 0.29) is 47.2 Å². The Bertz CT molecular complexity index is 1190. The molecule has 0 aromatic heterocycles. The number of nitrogens with zero attached hydrogens (tertiary/aromatic N) is 1. The van der Waals surface area contributed by atoms with Crippen molar-refractivity contribution in [1.29, 1.82) is 0 Å². The molecule has 0 bridgehead atoms. The molecule has 33 heavy (non-hydrogen) atoms. The topological polar surface area (TPSA) is 116 Å². The molecule has 2 aromatic carbocycles. The predicted octanol–water partition coefficient (Wildman–Crippen LogP) is 1.87. The molecule has 1 saturated heterocycles. The molecule has 8 nitrogen and oxygen atoms in total. The van der Waals surface area contributed by atoms with E-state index >= 15 is 0 Å². The molecule has 4 rings (SSSR count). The number of sulfone groups is 1. The number of hydrogen-bond donors (Lipinski definition) is 3. The summed E-state index contributed by atoms with van der Waals surface area (Å²) in [5.74, 6) is -3.38. The standard InChI is InChI=1S/C21H21ClF2N2O6S/c22-12-6-14(23)20(15(24)7-12)26-5-4-21(29,18(27)8-26)11-32-17-3-1-2-16-13(17)9-33(30,31)10-19(28)25-16/h1-3,6-7,18,27,29H,4-5,8-11H2,(H,25,28)/t18-,21-/m1/s1. The van der Waals surface area contributed by atoms with Gasteiger partial charge in [-0.2, -0.15) is 0 Å². The summed E-state index contributed by atoms with van der Waals surface area (Å²) in [5, 5.41) is 24.0. The smallest absolute Gasteiger partial charge is 0.239 e. The SMILES string of the molecule is O=C1CS(=O)(=O)Cc2c(cccc2OC[C@]2(O)CCN(c3c(F)cc(Cl)cc3F)C[C@H]2O)N1. The normalized spacial score (nSPS) is 24.6. The number of nitrogens with one attached hydrogen (secondary N) is 1. The number of piperidine rings is 1. The molecule has 178 valence electrons. The maximum absolute atomic E-state index is 14.3. The minimum absolute atomic E-state index is 0.0176. The zero-order valence-corrected chi connectivity index (χ0v) is 18.8. The van der Waals surface area contributed by atoms with Crippen molar-refractivity contribution in [2.24, 2.45) is 0 Å². The van der Waals surface area contributed by atoms with Gasteiger partial charge in [0.25, 0.3) is 0 Å². The van der Waals surface area contributed by atoms with Crippen LogP contribution < -0.4 is 15.0 Å². The van der Waals surface area contributed by atoms with Crippen molar-refractivity contribution in [1.82, 2.24) is 0 Å². The summed E-state index contributed by atoms with van der Waals surface area (Å²) in [4.78, 5) is 13.1. The highest BCUT2D eigenvalue weighted by Crippen LogP contribution is 2.35. The first-order valence-electron chi connectivity index (χ1n) is 10.0. The van der Waals surface area contributed by atoms with Gasteiger partial charge < -0.3 is 25.2 Å². The second kappa shape index (κ2) is 8.71. The third-order valence-electron chi connectivity index (χ3n) is 5.73. The maximum Gasteiger partial charge on any atom is 0.239 e. The molecule has 1 fully saturated rings. The van der Waals surface area contributed by atoms with Gasteiger partial charge in [0.15, 0.2) is 21.5 Å². The largest absolute Gasteiger partial charge is 0.490 e. The zero-order valence-electron chi connectivity index (χ0n) is 17.2. The van der Waals surface area contributed by atoms with Gasteiger partial charge in [-0.1, -0.05) is 17.7 Å². The van der Waals surface area contributed by atoms with Gasteiger partial charge in [0, 0.05) is 29.4 Å². The summed E-state index contributed by atoms with van der Waals surface area (Å²) in [5.41, 5.74) is -1.58. The highest BCUT2D eigenvalue weighted by molar-refractivity contribution is 7.91. The van der Waals surface area contributed by atoms with Crippen molar-refractivity contribution in [3.63, 3.8) is 0 Å². The molecular weight excluding hydrogens is 482 g/mol. The first-order valence-corrected chi connectivity index (χ1v) is 12.2. The fourth-order valence-corrected chi connectivity index (χ4v) is 5.50. The average Bonchev–Trinajstić information content (AvgIpc) is 2.82. The Balaban J connectivity index is 1.51. The van der Waals surface area contributed by atoms with E-state index in [0.29, 0.717) is 0 Å². The lowest BCUT2D eigenvalue weighted by Gasteiger charge is -2.42. The maximum atomic E-state index is 14.3. The van der Waals surface area contributed by atoms with E-state index in [4.69, 9.17) is 16.3 Å². The highest BCUT2D eigenvalue weighted by atomic mass is 35.5. The fraction of sp³-hybridized carbons (Fsp3) is 0.381. The number of aliphatic hydroxyl groups excluding tert-OH is 1. The Hall–Kier alpha value is -2.47.